The monoisotopic (exact) mass is 370 g/mol. The van der Waals surface area contributed by atoms with Gasteiger partial charge in [-0.15, -0.1) is 0 Å². The van der Waals surface area contributed by atoms with Gasteiger partial charge in [0.05, 0.1) is 10.5 Å². The van der Waals surface area contributed by atoms with E-state index in [1.165, 1.54) is 19.1 Å². The molecule has 7 nitrogen and oxygen atoms in total. The fraction of sp³-hybridized carbons (Fsp3) is 0.300. The van der Waals surface area contributed by atoms with Gasteiger partial charge in [-0.2, -0.15) is 0 Å². The molecule has 0 fully saturated rings. The predicted molar refractivity (Wildman–Crippen MR) is 102 cm³/mol. The Morgan fingerprint density at radius 1 is 1.04 bits per heavy atom. The van der Waals surface area contributed by atoms with Gasteiger partial charge in [-0.05, 0) is 51.8 Å². The number of rotatable bonds is 5. The molecule has 0 aliphatic heterocycles. The number of amides is 1. The molecule has 0 saturated heterocycles. The summed E-state index contributed by atoms with van der Waals surface area (Å²) in [6, 6.07) is 7.95. The van der Waals surface area contributed by atoms with Crippen LogP contribution in [0.4, 0.5) is 11.4 Å². The number of aryl methyl sites for hydroxylation is 4. The second-order valence-electron chi connectivity index (χ2n) is 6.57. The number of nitrogens with one attached hydrogen (secondary N) is 1. The van der Waals surface area contributed by atoms with E-state index in [9.17, 15) is 19.7 Å². The van der Waals surface area contributed by atoms with Gasteiger partial charge in [0, 0.05) is 17.3 Å². The smallest absolute Gasteiger partial charge is 0.339 e. The molecule has 0 bridgehead atoms. The molecule has 0 spiro atoms. The van der Waals surface area contributed by atoms with E-state index in [1.807, 2.05) is 32.9 Å². The number of hydrogen-bond acceptors (Lipinski definition) is 5. The van der Waals surface area contributed by atoms with Crippen molar-refractivity contribution in [1.82, 2.24) is 0 Å². The zero-order valence-corrected chi connectivity index (χ0v) is 16.0. The Morgan fingerprint density at radius 3 is 2.19 bits per heavy atom. The van der Waals surface area contributed by atoms with Gasteiger partial charge in [0.25, 0.3) is 11.6 Å². The Bertz CT molecular complexity index is 898. The SMILES string of the molecule is Cc1cc(C)c(NC(=O)[C@H](C)OC(=O)c2ccc(C)c([N+](=O)[O-])c2)c(C)c1. The minimum Gasteiger partial charge on any atom is -0.449 e. The van der Waals surface area contributed by atoms with Gasteiger partial charge in [-0.3, -0.25) is 14.9 Å². The van der Waals surface area contributed by atoms with Gasteiger partial charge in [0.2, 0.25) is 0 Å². The molecule has 27 heavy (non-hydrogen) atoms. The molecule has 2 rings (SSSR count). The second kappa shape index (κ2) is 7.99. The number of nitrogens with zero attached hydrogens (tertiary/aromatic N) is 1. The molecule has 1 N–H and O–H groups in total. The Balaban J connectivity index is 2.12. The van der Waals surface area contributed by atoms with Crippen molar-refractivity contribution >= 4 is 23.3 Å². The number of ether oxygens (including phenoxy) is 1. The first kappa shape index (κ1) is 20.1. The summed E-state index contributed by atoms with van der Waals surface area (Å²) in [5.41, 5.74) is 3.87. The Labute approximate surface area is 157 Å². The molecule has 0 aliphatic rings. The number of carbonyl (C=O) groups is 2. The van der Waals surface area contributed by atoms with Gasteiger partial charge in [0.1, 0.15) is 0 Å². The average molecular weight is 370 g/mol. The normalized spacial score (nSPS) is 11.6. The van der Waals surface area contributed by atoms with E-state index >= 15 is 0 Å². The molecular formula is C20H22N2O5. The highest BCUT2D eigenvalue weighted by atomic mass is 16.6. The number of nitro groups is 1. The van der Waals surface area contributed by atoms with Crippen LogP contribution in [0.2, 0.25) is 0 Å². The number of carbonyl (C=O) groups excluding carboxylic acids is 2. The lowest BCUT2D eigenvalue weighted by Gasteiger charge is -2.17. The van der Waals surface area contributed by atoms with Crippen LogP contribution in [0, 0.1) is 37.8 Å². The van der Waals surface area contributed by atoms with Crippen LogP contribution in [0.5, 0.6) is 0 Å². The van der Waals surface area contributed by atoms with Crippen molar-refractivity contribution in [1.29, 1.82) is 0 Å². The first-order valence-corrected chi connectivity index (χ1v) is 8.45. The molecule has 142 valence electrons. The summed E-state index contributed by atoms with van der Waals surface area (Å²) in [6.45, 7) is 8.77. The molecule has 2 aromatic carbocycles. The molecule has 0 aliphatic carbocycles. The first-order chi connectivity index (χ1) is 12.6. The third-order valence-corrected chi connectivity index (χ3v) is 4.22. The molecule has 0 unspecified atom stereocenters. The predicted octanol–water partition coefficient (Wildman–Crippen LogP) is 4.01. The van der Waals surface area contributed by atoms with Gasteiger partial charge in [-0.25, -0.2) is 4.79 Å². The second-order valence-corrected chi connectivity index (χ2v) is 6.57. The van der Waals surface area contributed by atoms with Crippen LogP contribution in [0.25, 0.3) is 0 Å². The molecule has 2 aromatic rings. The highest BCUT2D eigenvalue weighted by Crippen LogP contribution is 2.23. The van der Waals surface area contributed by atoms with Crippen LogP contribution in [0.3, 0.4) is 0 Å². The highest BCUT2D eigenvalue weighted by Gasteiger charge is 2.22. The van der Waals surface area contributed by atoms with Crippen LogP contribution in [-0.4, -0.2) is 22.9 Å². The van der Waals surface area contributed by atoms with Crippen LogP contribution in [0.15, 0.2) is 30.3 Å². The van der Waals surface area contributed by atoms with E-state index in [2.05, 4.69) is 5.32 Å². The minimum absolute atomic E-state index is 0.0228. The highest BCUT2D eigenvalue weighted by molar-refractivity contribution is 5.98. The molecule has 1 amide bonds. The molecular weight excluding hydrogens is 348 g/mol. The van der Waals surface area contributed by atoms with Crippen molar-refractivity contribution in [2.24, 2.45) is 0 Å². The molecule has 7 heteroatoms. The van der Waals surface area contributed by atoms with E-state index in [0.717, 1.165) is 22.8 Å². The molecule has 1 atom stereocenters. The Hall–Kier alpha value is -3.22. The summed E-state index contributed by atoms with van der Waals surface area (Å²) in [6.07, 6.45) is -1.06. The standard InChI is InChI=1S/C20H22N2O5/c1-11-8-13(3)18(14(4)9-11)21-19(23)15(5)27-20(24)16-7-6-12(2)17(10-16)22(25)26/h6-10,15H,1-5H3,(H,21,23)/t15-/m0/s1. The quantitative estimate of drug-likeness (QED) is 0.487. The maximum absolute atomic E-state index is 12.4. The third-order valence-electron chi connectivity index (χ3n) is 4.22. The molecule has 0 radical (unpaired) electrons. The number of esters is 1. The maximum atomic E-state index is 12.4. The van der Waals surface area contributed by atoms with Gasteiger partial charge < -0.3 is 10.1 Å². The zero-order valence-electron chi connectivity index (χ0n) is 16.0. The van der Waals surface area contributed by atoms with E-state index in [1.54, 1.807) is 6.92 Å². The van der Waals surface area contributed by atoms with Gasteiger partial charge in [0.15, 0.2) is 6.10 Å². The van der Waals surface area contributed by atoms with Gasteiger partial charge in [-0.1, -0.05) is 23.8 Å². The first-order valence-electron chi connectivity index (χ1n) is 8.45. The zero-order chi connectivity index (χ0) is 20.3. The lowest BCUT2D eigenvalue weighted by atomic mass is 10.0. The fourth-order valence-corrected chi connectivity index (χ4v) is 2.82. The van der Waals surface area contributed by atoms with Crippen LogP contribution >= 0.6 is 0 Å². The van der Waals surface area contributed by atoms with Crippen molar-refractivity contribution in [2.75, 3.05) is 5.32 Å². The molecule has 0 aromatic heterocycles. The van der Waals surface area contributed by atoms with Crippen LogP contribution in [0.1, 0.15) is 39.5 Å². The summed E-state index contributed by atoms with van der Waals surface area (Å²) < 4.78 is 5.17. The fourth-order valence-electron chi connectivity index (χ4n) is 2.82. The van der Waals surface area contributed by atoms with Crippen LogP contribution < -0.4 is 5.32 Å². The number of benzene rings is 2. The Morgan fingerprint density at radius 2 is 1.63 bits per heavy atom. The lowest BCUT2D eigenvalue weighted by Crippen LogP contribution is -2.30. The number of anilines is 1. The van der Waals surface area contributed by atoms with Crippen molar-refractivity contribution in [3.05, 3.63) is 68.3 Å². The van der Waals surface area contributed by atoms with E-state index < -0.39 is 22.9 Å². The molecule has 0 heterocycles. The van der Waals surface area contributed by atoms with E-state index in [4.69, 9.17) is 4.74 Å². The minimum atomic E-state index is -1.06. The number of nitro benzene ring substituents is 1. The largest absolute Gasteiger partial charge is 0.449 e. The van der Waals surface area contributed by atoms with Crippen molar-refractivity contribution in [3.8, 4) is 0 Å². The van der Waals surface area contributed by atoms with Gasteiger partial charge >= 0.3 is 5.97 Å². The van der Waals surface area contributed by atoms with Crippen molar-refractivity contribution < 1.29 is 19.2 Å². The maximum Gasteiger partial charge on any atom is 0.339 e. The van der Waals surface area contributed by atoms with E-state index in [-0.39, 0.29) is 11.3 Å². The third kappa shape index (κ3) is 4.69. The summed E-state index contributed by atoms with van der Waals surface area (Å²) >= 11 is 0. The summed E-state index contributed by atoms with van der Waals surface area (Å²) in [5.74, 6) is -1.27. The summed E-state index contributed by atoms with van der Waals surface area (Å²) in [5, 5.41) is 13.8. The molecule has 0 saturated carbocycles. The summed E-state index contributed by atoms with van der Waals surface area (Å²) in [7, 11) is 0. The summed E-state index contributed by atoms with van der Waals surface area (Å²) in [4.78, 5) is 35.1. The van der Waals surface area contributed by atoms with Crippen molar-refractivity contribution in [2.45, 2.75) is 40.7 Å². The van der Waals surface area contributed by atoms with E-state index in [0.29, 0.717) is 11.3 Å². The van der Waals surface area contributed by atoms with Crippen molar-refractivity contribution in [3.63, 3.8) is 0 Å². The lowest BCUT2D eigenvalue weighted by molar-refractivity contribution is -0.385. The Kier molecular flexibility index (Phi) is 5.95. The topological polar surface area (TPSA) is 98.5 Å². The number of hydrogen-bond donors (Lipinski definition) is 1. The van der Waals surface area contributed by atoms with Crippen LogP contribution in [-0.2, 0) is 9.53 Å². The average Bonchev–Trinajstić information content (AvgIpc) is 2.57.